The molecular formula is C20H13BrCl2S2Zr-2. The zero-order valence-corrected chi connectivity index (χ0v) is 20.6. The van der Waals surface area contributed by atoms with Gasteiger partial charge >= 0.3 is 31.5 Å². The molecule has 2 aliphatic rings. The first-order chi connectivity index (χ1) is 11.8. The molecule has 26 heavy (non-hydrogen) atoms. The van der Waals surface area contributed by atoms with Crippen molar-refractivity contribution < 1.29 is 47.5 Å². The van der Waals surface area contributed by atoms with Crippen LogP contribution in [-0.2, 0) is 22.7 Å². The van der Waals surface area contributed by atoms with Crippen molar-refractivity contribution in [3.63, 3.8) is 0 Å². The maximum atomic E-state index is 4.17. The molecule has 6 heteroatoms. The van der Waals surface area contributed by atoms with Crippen molar-refractivity contribution in [2.45, 2.75) is 4.16 Å². The Bertz CT molecular complexity index is 891. The molecule has 0 fully saturated rings. The van der Waals surface area contributed by atoms with Gasteiger partial charge in [0.1, 0.15) is 0 Å². The average Bonchev–Trinajstić information content (AvgIpc) is 3.31. The van der Waals surface area contributed by atoms with E-state index in [0.717, 1.165) is 22.7 Å². The Morgan fingerprint density at radius 3 is 2.62 bits per heavy atom. The Kier molecular flexibility index (Phi) is 10.9. The average molecular weight is 559 g/mol. The van der Waals surface area contributed by atoms with E-state index in [0.29, 0.717) is 4.16 Å². The van der Waals surface area contributed by atoms with Gasteiger partial charge in [-0.1, -0.05) is 39.7 Å². The molecule has 0 bridgehead atoms. The Hall–Kier alpha value is 0.0431. The van der Waals surface area contributed by atoms with Crippen LogP contribution in [0.3, 0.4) is 0 Å². The second-order valence-corrected chi connectivity index (χ2v) is 7.99. The Labute approximate surface area is 197 Å². The van der Waals surface area contributed by atoms with Gasteiger partial charge in [0, 0.05) is 0 Å². The fourth-order valence-electron chi connectivity index (χ4n) is 2.76. The van der Waals surface area contributed by atoms with Crippen LogP contribution >= 0.6 is 36.5 Å². The number of hydrogen-bond acceptors (Lipinski definition) is 2. The summed E-state index contributed by atoms with van der Waals surface area (Å²) >= 11 is 6.57. The predicted molar refractivity (Wildman–Crippen MR) is 109 cm³/mol. The molecule has 3 aromatic rings. The van der Waals surface area contributed by atoms with Gasteiger partial charge in [0.05, 0.1) is 4.16 Å². The topological polar surface area (TPSA) is 0 Å². The van der Waals surface area contributed by atoms with E-state index in [2.05, 4.69) is 91.5 Å². The minimum absolute atomic E-state index is 0. The first-order valence-corrected chi connectivity index (χ1v) is 12.6. The van der Waals surface area contributed by atoms with Crippen molar-refractivity contribution >= 4 is 59.0 Å². The number of hydrogen-bond donors (Lipinski definition) is 0. The Morgan fingerprint density at radius 1 is 1.08 bits per heavy atom. The summed E-state index contributed by atoms with van der Waals surface area (Å²) in [6.45, 7) is 0. The molecule has 0 saturated carbocycles. The summed E-state index contributed by atoms with van der Waals surface area (Å²) in [6, 6.07) is 24.1. The molecule has 1 heterocycles. The third-order valence-corrected chi connectivity index (χ3v) is 5.57. The van der Waals surface area contributed by atoms with Gasteiger partial charge in [-0.05, 0) is 4.91 Å². The molecule has 1 atom stereocenters. The van der Waals surface area contributed by atoms with Crippen LogP contribution in [0.15, 0.2) is 71.6 Å². The van der Waals surface area contributed by atoms with Gasteiger partial charge < -0.3 is 24.8 Å². The van der Waals surface area contributed by atoms with Crippen molar-refractivity contribution in [1.82, 2.24) is 0 Å². The summed E-state index contributed by atoms with van der Waals surface area (Å²) in [5.74, 6) is 0. The van der Waals surface area contributed by atoms with Crippen LogP contribution in [0.25, 0.3) is 22.4 Å². The molecule has 0 aromatic heterocycles. The SMILES string of the molecule is BrC1C=C2C(=Cc3ccc[c-]c32)S1.[Cl-].[Cl-].[S]=[Zr+2].c1ccc2[cH-]ccc2c1. The molecule has 3 aromatic carbocycles. The Morgan fingerprint density at radius 2 is 1.85 bits per heavy atom. The number of allylic oxidation sites excluding steroid dienone is 1. The fraction of sp³-hybridized carbons (Fsp3) is 0.0500. The van der Waals surface area contributed by atoms with Gasteiger partial charge in [0.15, 0.2) is 0 Å². The number of halogens is 3. The van der Waals surface area contributed by atoms with Crippen molar-refractivity contribution in [3.05, 3.63) is 88.8 Å². The predicted octanol–water partition coefficient (Wildman–Crippen LogP) is 0.905. The summed E-state index contributed by atoms with van der Waals surface area (Å²) in [5.41, 5.74) is 3.91. The van der Waals surface area contributed by atoms with Crippen LogP contribution in [0.4, 0.5) is 0 Å². The van der Waals surface area contributed by atoms with E-state index < -0.39 is 0 Å². The number of rotatable bonds is 0. The molecule has 1 unspecified atom stereocenters. The second kappa shape index (κ2) is 11.8. The van der Waals surface area contributed by atoms with E-state index in [1.165, 1.54) is 32.4 Å². The summed E-state index contributed by atoms with van der Waals surface area (Å²) in [4.78, 5) is 1.37. The maximum Gasteiger partial charge on any atom is -0.0809 e. The van der Waals surface area contributed by atoms with Gasteiger partial charge in [-0.3, -0.25) is 0 Å². The van der Waals surface area contributed by atoms with Crippen molar-refractivity contribution in [1.29, 1.82) is 0 Å². The quantitative estimate of drug-likeness (QED) is 0.297. The van der Waals surface area contributed by atoms with Crippen LogP contribution in [0.5, 0.6) is 0 Å². The largest absolute Gasteiger partial charge is 0.168 e. The molecule has 0 spiro atoms. The summed E-state index contributed by atoms with van der Waals surface area (Å²) in [5, 5.41) is 2.66. The van der Waals surface area contributed by atoms with Gasteiger partial charge in [-0.25, -0.2) is 0 Å². The minimum Gasteiger partial charge on any atom is -0.168 e. The molecule has 0 nitrogen and oxygen atoms in total. The van der Waals surface area contributed by atoms with Crippen molar-refractivity contribution in [2.75, 3.05) is 0 Å². The standard InChI is InChI=1S/C11H6BrS.C9H7.2ClH.S.Zr/c12-11-6-9-8-4-2-1-3-7(8)5-10(9)13-11;1-2-5-9-7-3-6-8(9)4-1;;;;/h1-3,5-6,11H;1-7H;2*1H;;/q2*-1;;;;+2/p-2. The van der Waals surface area contributed by atoms with Crippen LogP contribution in [0.2, 0.25) is 0 Å². The van der Waals surface area contributed by atoms with E-state index >= 15 is 0 Å². The molecule has 0 amide bonds. The third-order valence-electron chi connectivity index (χ3n) is 3.79. The van der Waals surface area contributed by atoms with Crippen LogP contribution in [-0.4, -0.2) is 4.16 Å². The molecule has 1 aliphatic carbocycles. The minimum atomic E-state index is 0. The molecule has 1 aliphatic heterocycles. The molecule has 0 N–H and O–H groups in total. The first kappa shape index (κ1) is 24.1. The van der Waals surface area contributed by atoms with Gasteiger partial charge in [-0.15, -0.1) is 76.8 Å². The molecular weight excluding hydrogens is 546 g/mol. The van der Waals surface area contributed by atoms with Crippen molar-refractivity contribution in [3.8, 4) is 0 Å². The zero-order valence-electron chi connectivity index (χ0n) is 13.5. The van der Waals surface area contributed by atoms with E-state index in [1.54, 1.807) is 0 Å². The third kappa shape index (κ3) is 5.53. The van der Waals surface area contributed by atoms with Crippen molar-refractivity contribution in [2.24, 2.45) is 0 Å². The zero-order chi connectivity index (χ0) is 16.9. The number of alkyl halides is 1. The smallest absolute Gasteiger partial charge is 0.0809 e. The number of benzene rings is 2. The molecule has 5 rings (SSSR count). The molecule has 0 radical (unpaired) electrons. The summed E-state index contributed by atoms with van der Waals surface area (Å²) in [7, 11) is 4.17. The Balaban J connectivity index is 0.000000232. The van der Waals surface area contributed by atoms with E-state index in [1.807, 2.05) is 23.9 Å². The van der Waals surface area contributed by atoms with Gasteiger partial charge in [0.2, 0.25) is 0 Å². The first-order valence-electron chi connectivity index (χ1n) is 7.38. The monoisotopic (exact) mass is 556 g/mol. The van der Waals surface area contributed by atoms with Crippen LogP contribution in [0, 0.1) is 6.07 Å². The number of fused-ring (bicyclic) bond motifs is 4. The van der Waals surface area contributed by atoms with Crippen LogP contribution < -0.4 is 24.8 Å². The van der Waals surface area contributed by atoms with Gasteiger partial charge in [-0.2, -0.15) is 17.5 Å². The van der Waals surface area contributed by atoms with E-state index in [4.69, 9.17) is 0 Å². The van der Waals surface area contributed by atoms with Gasteiger partial charge in [0.25, 0.3) is 0 Å². The van der Waals surface area contributed by atoms with E-state index in [-0.39, 0.29) is 24.8 Å². The number of thioether (sulfide) groups is 1. The fourth-order valence-corrected chi connectivity index (χ4v) is 4.57. The maximum absolute atomic E-state index is 4.17. The summed E-state index contributed by atoms with van der Waals surface area (Å²) < 4.78 is 0.440. The molecule has 0 saturated heterocycles. The van der Waals surface area contributed by atoms with Crippen LogP contribution in [0.1, 0.15) is 11.1 Å². The normalized spacial score (nSPS) is 15.6. The summed E-state index contributed by atoms with van der Waals surface area (Å²) in [6.07, 6.45) is 4.49. The second-order valence-electron chi connectivity index (χ2n) is 5.21. The van der Waals surface area contributed by atoms with E-state index in [9.17, 15) is 0 Å². The molecule has 132 valence electrons.